The molecule has 1 aromatic heterocycles. The van der Waals surface area contributed by atoms with E-state index in [1.807, 2.05) is 18.2 Å². The number of carbonyl (C=O) groups excluding carboxylic acids is 1. The van der Waals surface area contributed by atoms with Gasteiger partial charge in [-0.05, 0) is 36.4 Å². The molecule has 1 aliphatic heterocycles. The average molecular weight is 365 g/mol. The number of aromatic nitrogens is 2. The lowest BCUT2D eigenvalue weighted by molar-refractivity contribution is -0.113. The van der Waals surface area contributed by atoms with Crippen molar-refractivity contribution in [1.82, 2.24) is 9.97 Å². The van der Waals surface area contributed by atoms with Gasteiger partial charge in [-0.15, -0.1) is 0 Å². The van der Waals surface area contributed by atoms with Crippen LogP contribution >= 0.6 is 24.0 Å². The minimum Gasteiger partial charge on any atom is -0.508 e. The minimum atomic E-state index is -0.193. The van der Waals surface area contributed by atoms with Gasteiger partial charge >= 0.3 is 0 Å². The van der Waals surface area contributed by atoms with Crippen molar-refractivity contribution in [3.05, 3.63) is 65.3 Å². The molecule has 4 rings (SSSR count). The van der Waals surface area contributed by atoms with Gasteiger partial charge in [0.2, 0.25) is 0 Å². The molecule has 1 fully saturated rings. The van der Waals surface area contributed by atoms with Crippen molar-refractivity contribution in [2.75, 3.05) is 4.90 Å². The van der Waals surface area contributed by atoms with Crippen LogP contribution < -0.4 is 4.90 Å². The maximum Gasteiger partial charge on any atom is 0.270 e. The number of aromatic hydroxyl groups is 1. The summed E-state index contributed by atoms with van der Waals surface area (Å²) in [7, 11) is 0. The number of para-hydroxylation sites is 1. The lowest BCUT2D eigenvalue weighted by Gasteiger charge is -2.14. The molecule has 25 heavy (non-hydrogen) atoms. The lowest BCUT2D eigenvalue weighted by Crippen LogP contribution is -2.27. The monoisotopic (exact) mass is 365 g/mol. The number of phenols is 1. The van der Waals surface area contributed by atoms with Crippen LogP contribution in [0, 0.1) is 0 Å². The summed E-state index contributed by atoms with van der Waals surface area (Å²) < 4.78 is 0.452. The number of hydrogen-bond acceptors (Lipinski definition) is 6. The molecule has 0 atom stereocenters. The van der Waals surface area contributed by atoms with Crippen LogP contribution in [0.25, 0.3) is 17.1 Å². The van der Waals surface area contributed by atoms with E-state index < -0.39 is 0 Å². The zero-order valence-electron chi connectivity index (χ0n) is 12.8. The summed E-state index contributed by atoms with van der Waals surface area (Å²) in [5.74, 6) is -0.0550. The second-order valence-corrected chi connectivity index (χ2v) is 6.98. The van der Waals surface area contributed by atoms with Gasteiger partial charge in [0.1, 0.15) is 5.75 Å². The lowest BCUT2D eigenvalue weighted by atomic mass is 10.1. The van der Waals surface area contributed by atoms with Gasteiger partial charge < -0.3 is 5.11 Å². The summed E-state index contributed by atoms with van der Waals surface area (Å²) in [6.45, 7) is 0. The summed E-state index contributed by atoms with van der Waals surface area (Å²) in [4.78, 5) is 23.4. The predicted molar refractivity (Wildman–Crippen MR) is 103 cm³/mol. The topological polar surface area (TPSA) is 66.3 Å². The fourth-order valence-corrected chi connectivity index (χ4v) is 3.85. The zero-order chi connectivity index (χ0) is 17.4. The minimum absolute atomic E-state index is 0.138. The smallest absolute Gasteiger partial charge is 0.270 e. The summed E-state index contributed by atoms with van der Waals surface area (Å²) in [6.07, 6.45) is 5.05. The van der Waals surface area contributed by atoms with Crippen LogP contribution in [-0.2, 0) is 4.79 Å². The third-order valence-corrected chi connectivity index (χ3v) is 5.02. The van der Waals surface area contributed by atoms with Crippen molar-refractivity contribution in [2.24, 2.45) is 0 Å². The second kappa shape index (κ2) is 6.27. The molecular weight excluding hydrogens is 354 g/mol. The highest BCUT2D eigenvalue weighted by atomic mass is 32.2. The summed E-state index contributed by atoms with van der Waals surface area (Å²) in [5.41, 5.74) is 2.95. The molecule has 1 saturated heterocycles. The Labute approximate surface area is 153 Å². The molecule has 0 saturated carbocycles. The molecule has 2 heterocycles. The van der Waals surface area contributed by atoms with Gasteiger partial charge in [-0.3, -0.25) is 19.7 Å². The maximum atomic E-state index is 12.8. The summed E-state index contributed by atoms with van der Waals surface area (Å²) in [5, 5.41) is 9.41. The standard InChI is InChI=1S/C18H11N3O2S2/c22-13-6-4-12(5-7-13)21-17(23)15(25-18(21)24)10-11-2-1-3-14-16(11)20-9-8-19-14/h1-10,22H/b15-10-. The van der Waals surface area contributed by atoms with E-state index in [0.29, 0.717) is 14.9 Å². The fraction of sp³-hybridized carbons (Fsp3) is 0. The predicted octanol–water partition coefficient (Wildman–Crippen LogP) is 3.74. The first-order valence-corrected chi connectivity index (χ1v) is 8.63. The number of amides is 1. The third kappa shape index (κ3) is 2.88. The zero-order valence-corrected chi connectivity index (χ0v) is 14.4. The first kappa shape index (κ1) is 15.7. The van der Waals surface area contributed by atoms with E-state index in [-0.39, 0.29) is 11.7 Å². The van der Waals surface area contributed by atoms with Gasteiger partial charge in [0, 0.05) is 18.0 Å². The molecule has 2 aromatic carbocycles. The Hall–Kier alpha value is -2.77. The highest BCUT2D eigenvalue weighted by Crippen LogP contribution is 2.36. The Balaban J connectivity index is 1.74. The van der Waals surface area contributed by atoms with Gasteiger partial charge in [0.25, 0.3) is 5.91 Å². The van der Waals surface area contributed by atoms with Crippen molar-refractivity contribution >= 4 is 57.0 Å². The molecule has 122 valence electrons. The number of thioether (sulfide) groups is 1. The maximum absolute atomic E-state index is 12.8. The van der Waals surface area contributed by atoms with E-state index in [2.05, 4.69) is 9.97 Å². The molecule has 7 heteroatoms. The molecule has 1 aliphatic rings. The molecule has 0 unspecified atom stereocenters. The first-order chi connectivity index (χ1) is 12.1. The molecule has 0 bridgehead atoms. The highest BCUT2D eigenvalue weighted by molar-refractivity contribution is 8.27. The van der Waals surface area contributed by atoms with E-state index >= 15 is 0 Å². The third-order valence-electron chi connectivity index (χ3n) is 3.72. The number of rotatable bonds is 2. The Morgan fingerprint density at radius 1 is 1.08 bits per heavy atom. The van der Waals surface area contributed by atoms with Crippen LogP contribution in [0.2, 0.25) is 0 Å². The van der Waals surface area contributed by atoms with Gasteiger partial charge in [-0.1, -0.05) is 36.1 Å². The van der Waals surface area contributed by atoms with Crippen LogP contribution in [0.15, 0.2) is 59.8 Å². The SMILES string of the molecule is O=C1/C(=C/c2cccc3nccnc23)SC(=S)N1c1ccc(O)cc1. The molecule has 3 aromatic rings. The summed E-state index contributed by atoms with van der Waals surface area (Å²) >= 11 is 6.60. The highest BCUT2D eigenvalue weighted by Gasteiger charge is 2.33. The van der Waals surface area contributed by atoms with Crippen molar-refractivity contribution in [1.29, 1.82) is 0 Å². The van der Waals surface area contributed by atoms with Crippen LogP contribution in [0.5, 0.6) is 5.75 Å². The van der Waals surface area contributed by atoms with Gasteiger partial charge in [0.15, 0.2) is 4.32 Å². The normalized spacial score (nSPS) is 16.2. The molecule has 5 nitrogen and oxygen atoms in total. The van der Waals surface area contributed by atoms with Crippen LogP contribution in [0.4, 0.5) is 5.69 Å². The van der Waals surface area contributed by atoms with Crippen LogP contribution in [0.1, 0.15) is 5.56 Å². The molecule has 1 amide bonds. The van der Waals surface area contributed by atoms with Gasteiger partial charge in [-0.2, -0.15) is 0 Å². The van der Waals surface area contributed by atoms with Gasteiger partial charge in [0.05, 0.1) is 21.6 Å². The Bertz CT molecular complexity index is 1030. The van der Waals surface area contributed by atoms with Gasteiger partial charge in [-0.25, -0.2) is 0 Å². The molecule has 0 aliphatic carbocycles. The largest absolute Gasteiger partial charge is 0.508 e. The van der Waals surface area contributed by atoms with E-state index in [1.54, 1.807) is 30.6 Å². The summed E-state index contributed by atoms with van der Waals surface area (Å²) in [6, 6.07) is 12.0. The number of nitrogens with zero attached hydrogens (tertiary/aromatic N) is 3. The molecule has 0 spiro atoms. The Morgan fingerprint density at radius 3 is 2.64 bits per heavy atom. The van der Waals surface area contributed by atoms with E-state index in [9.17, 15) is 9.90 Å². The van der Waals surface area contributed by atoms with Crippen molar-refractivity contribution in [2.45, 2.75) is 0 Å². The molecule has 0 radical (unpaired) electrons. The number of carbonyl (C=O) groups is 1. The number of thiocarbonyl (C=S) groups is 1. The van der Waals surface area contributed by atoms with Crippen molar-refractivity contribution < 1.29 is 9.90 Å². The fourth-order valence-electron chi connectivity index (χ4n) is 2.56. The molecular formula is C18H11N3O2S2. The van der Waals surface area contributed by atoms with Crippen molar-refractivity contribution in [3.8, 4) is 5.75 Å². The second-order valence-electron chi connectivity index (χ2n) is 5.30. The number of phenolic OH excluding ortho intramolecular Hbond substituents is 1. The number of fused-ring (bicyclic) bond motifs is 1. The average Bonchev–Trinajstić information content (AvgIpc) is 2.90. The van der Waals surface area contributed by atoms with E-state index in [1.165, 1.54) is 28.8 Å². The van der Waals surface area contributed by atoms with Crippen molar-refractivity contribution in [3.63, 3.8) is 0 Å². The van der Waals surface area contributed by atoms with Crippen LogP contribution in [0.3, 0.4) is 0 Å². The Morgan fingerprint density at radius 2 is 1.84 bits per heavy atom. The number of hydrogen-bond donors (Lipinski definition) is 1. The van der Waals surface area contributed by atoms with E-state index in [4.69, 9.17) is 12.2 Å². The van der Waals surface area contributed by atoms with Crippen LogP contribution in [-0.4, -0.2) is 25.3 Å². The number of benzene rings is 2. The Kier molecular flexibility index (Phi) is 3.95. The molecule has 1 N–H and O–H groups in total. The van der Waals surface area contributed by atoms with E-state index in [0.717, 1.165) is 16.6 Å². The first-order valence-electron chi connectivity index (χ1n) is 7.40. The quantitative estimate of drug-likeness (QED) is 0.551. The number of anilines is 1.